The Hall–Kier alpha value is -1.38. The normalized spacial score (nSPS) is 21.6. The van der Waals surface area contributed by atoms with Gasteiger partial charge in [0.1, 0.15) is 0 Å². The third-order valence-corrected chi connectivity index (χ3v) is 9.20. The maximum Gasteiger partial charge on any atom is 0.314 e. The minimum absolute atomic E-state index is 0.267. The molecule has 0 bridgehead atoms. The highest BCUT2D eigenvalue weighted by Crippen LogP contribution is 2.43. The lowest BCUT2D eigenvalue weighted by Gasteiger charge is -2.38. The summed E-state index contributed by atoms with van der Waals surface area (Å²) in [6, 6.07) is 3.82. The number of allylic oxidation sites excluding steroid dienone is 2. The number of halogens is 3. The predicted molar refractivity (Wildman–Crippen MR) is 176 cm³/mol. The fourth-order valence-electron chi connectivity index (χ4n) is 5.93. The molecule has 224 valence electrons. The van der Waals surface area contributed by atoms with E-state index in [4.69, 9.17) is 17.3 Å². The average molecular weight is 703 g/mol. The molecule has 2 N–H and O–H groups in total. The number of piperidine rings is 2. The highest BCUT2D eigenvalue weighted by atomic mass is 79.9. The van der Waals surface area contributed by atoms with E-state index in [9.17, 15) is 9.59 Å². The van der Waals surface area contributed by atoms with E-state index in [1.165, 1.54) is 16.7 Å². The number of alkyl halides is 1. The molecule has 0 radical (unpaired) electrons. The topological polar surface area (TPSA) is 79.0 Å². The molecule has 1 unspecified atom stereocenters. The molecule has 2 aliphatic heterocycles. The molecule has 0 spiro atoms. The molecule has 2 fully saturated rings. The number of likely N-dealkylation sites (tertiary alicyclic amines) is 2. The number of hydrogen-bond donors (Lipinski definition) is 1. The second-order valence-corrected chi connectivity index (χ2v) is 12.6. The minimum atomic E-state index is -0.351. The van der Waals surface area contributed by atoms with Gasteiger partial charge < -0.3 is 15.5 Å². The van der Waals surface area contributed by atoms with Crippen molar-refractivity contribution < 1.29 is 9.59 Å². The average Bonchev–Trinajstić information content (AvgIpc) is 2.93. The van der Waals surface area contributed by atoms with Crippen LogP contribution in [-0.4, -0.2) is 66.5 Å². The van der Waals surface area contributed by atoms with E-state index in [0.717, 1.165) is 72.9 Å². The first-order valence-corrected chi connectivity index (χ1v) is 17.0. The fourth-order valence-corrected chi connectivity index (χ4v) is 7.36. The van der Waals surface area contributed by atoms with Gasteiger partial charge >= 0.3 is 6.03 Å². The molecule has 2 heterocycles. The van der Waals surface area contributed by atoms with Crippen LogP contribution in [0, 0.1) is 11.8 Å². The Bertz CT molecular complexity index is 1020. The molecule has 0 saturated carbocycles. The lowest BCUT2D eigenvalue weighted by molar-refractivity contribution is -0.134. The number of carbonyl (C=O) groups excluding carboxylic acids is 2. The summed E-state index contributed by atoms with van der Waals surface area (Å²) in [7, 11) is 1.75. The minimum Gasteiger partial charge on any atom is -0.351 e. The van der Waals surface area contributed by atoms with Crippen molar-refractivity contribution in [1.82, 2.24) is 9.80 Å². The zero-order valence-electron chi connectivity index (χ0n) is 24.6. The number of rotatable bonds is 4. The Morgan fingerprint density at radius 1 is 1.07 bits per heavy atom. The van der Waals surface area contributed by atoms with Crippen LogP contribution >= 0.6 is 43.5 Å². The molecule has 1 aromatic rings. The zero-order valence-corrected chi connectivity index (χ0v) is 28.5. The number of aryl methyl sites for hydroxylation is 1. The van der Waals surface area contributed by atoms with E-state index in [2.05, 4.69) is 60.8 Å². The molecule has 40 heavy (non-hydrogen) atoms. The molecule has 1 aliphatic carbocycles. The Morgan fingerprint density at radius 2 is 1.70 bits per heavy atom. The summed E-state index contributed by atoms with van der Waals surface area (Å²) >= 11 is 13.4. The van der Waals surface area contributed by atoms with E-state index < -0.39 is 0 Å². The molecule has 3 amide bonds. The van der Waals surface area contributed by atoms with Gasteiger partial charge in [-0.3, -0.25) is 9.79 Å². The molecule has 6 nitrogen and oxygen atoms in total. The van der Waals surface area contributed by atoms with Gasteiger partial charge in [-0.15, -0.1) is 0 Å². The van der Waals surface area contributed by atoms with Crippen LogP contribution in [0.2, 0.25) is 5.02 Å². The molecule has 9 heteroatoms. The van der Waals surface area contributed by atoms with Crippen molar-refractivity contribution in [2.45, 2.75) is 78.1 Å². The van der Waals surface area contributed by atoms with E-state index >= 15 is 0 Å². The number of carbonyl (C=O) groups is 2. The van der Waals surface area contributed by atoms with Gasteiger partial charge in [0, 0.05) is 66.6 Å². The van der Waals surface area contributed by atoms with Gasteiger partial charge in [-0.2, -0.15) is 0 Å². The number of fused-ring (bicyclic) bond motifs is 1. The highest BCUT2D eigenvalue weighted by Gasteiger charge is 2.32. The summed E-state index contributed by atoms with van der Waals surface area (Å²) < 4.78 is 1.11. The van der Waals surface area contributed by atoms with Crippen LogP contribution in [-0.2, 0) is 11.2 Å². The van der Waals surface area contributed by atoms with Gasteiger partial charge in [0.25, 0.3) is 0 Å². The summed E-state index contributed by atoms with van der Waals surface area (Å²) in [4.78, 5) is 31.7. The number of urea groups is 1. The fraction of sp³-hybridized carbons (Fsp3) is 0.645. The van der Waals surface area contributed by atoms with Crippen LogP contribution in [0.15, 0.2) is 33.2 Å². The number of hydrogen-bond acceptors (Lipinski definition) is 3. The Kier molecular flexibility index (Phi) is 15.9. The first-order chi connectivity index (χ1) is 19.2. The molecule has 4 rings (SSSR count). The number of aliphatic imine (C=N–C) groups is 1. The molecule has 2 saturated heterocycles. The van der Waals surface area contributed by atoms with E-state index in [1.54, 1.807) is 18.2 Å². The first-order valence-electron chi connectivity index (χ1n) is 14.7. The maximum absolute atomic E-state index is 13.0. The van der Waals surface area contributed by atoms with Crippen LogP contribution in [0.4, 0.5) is 4.79 Å². The van der Waals surface area contributed by atoms with Crippen molar-refractivity contribution in [3.63, 3.8) is 0 Å². The SMILES string of the molecule is C/C1=C/C(C2CCN(C(=O)CC3CCN(C(N)=O)CC3)CC2)c2c(Br)cc(Cl)cc2CCC1.CC.CN=CCBr. The first kappa shape index (κ1) is 34.8. The second-order valence-electron chi connectivity index (χ2n) is 10.6. The molecule has 1 aromatic carbocycles. The maximum atomic E-state index is 13.0. The zero-order chi connectivity index (χ0) is 29.7. The quantitative estimate of drug-likeness (QED) is 0.196. The Balaban J connectivity index is 0.000000722. The predicted octanol–water partition coefficient (Wildman–Crippen LogP) is 8.00. The van der Waals surface area contributed by atoms with Crippen LogP contribution in [0.25, 0.3) is 0 Å². The van der Waals surface area contributed by atoms with Gasteiger partial charge in [0.2, 0.25) is 5.91 Å². The van der Waals surface area contributed by atoms with Crippen molar-refractivity contribution in [3.8, 4) is 0 Å². The van der Waals surface area contributed by atoms with Gasteiger partial charge in [-0.25, -0.2) is 4.79 Å². The van der Waals surface area contributed by atoms with Gasteiger partial charge in [-0.1, -0.05) is 69.0 Å². The molecule has 3 aliphatic rings. The van der Waals surface area contributed by atoms with Crippen molar-refractivity contribution in [2.75, 3.05) is 38.6 Å². The van der Waals surface area contributed by atoms with Gasteiger partial charge in [-0.05, 0) is 87.0 Å². The Labute approximate surface area is 263 Å². The largest absolute Gasteiger partial charge is 0.351 e. The summed E-state index contributed by atoms with van der Waals surface area (Å²) in [5.41, 5.74) is 9.60. The van der Waals surface area contributed by atoms with Crippen LogP contribution in [0.1, 0.15) is 82.8 Å². The molecular formula is C31H47Br2ClN4O2. The highest BCUT2D eigenvalue weighted by molar-refractivity contribution is 9.10. The molecule has 1 atom stereocenters. The standard InChI is InChI=1S/C26H35BrClN3O2.C3H6BrN.C2H6/c1-17-3-2-4-20-15-21(28)16-23(27)25(20)22(13-17)19-7-11-30(12-8-19)24(32)14-18-5-9-31(10-6-18)26(29)33;1-5-3-2-4;1-2/h13,15-16,18-19,22H,2-12,14H2,1H3,(H2,29,33);3H,2H2,1H3;1-2H3/b17-13-;;. The van der Waals surface area contributed by atoms with Crippen molar-refractivity contribution in [3.05, 3.63) is 44.4 Å². The number of amides is 3. The number of primary amides is 1. The summed E-state index contributed by atoms with van der Waals surface area (Å²) in [5, 5.41) is 1.66. The Morgan fingerprint density at radius 3 is 2.25 bits per heavy atom. The lowest BCUT2D eigenvalue weighted by atomic mass is 9.75. The lowest BCUT2D eigenvalue weighted by Crippen LogP contribution is -2.44. The summed E-state index contributed by atoms with van der Waals surface area (Å²) in [5.74, 6) is 1.51. The van der Waals surface area contributed by atoms with Crippen molar-refractivity contribution >= 4 is 61.6 Å². The van der Waals surface area contributed by atoms with Crippen molar-refractivity contribution in [2.24, 2.45) is 22.6 Å². The van der Waals surface area contributed by atoms with E-state index in [1.807, 2.05) is 19.9 Å². The van der Waals surface area contributed by atoms with E-state index in [-0.39, 0.29) is 11.9 Å². The smallest absolute Gasteiger partial charge is 0.314 e. The van der Waals surface area contributed by atoms with Crippen LogP contribution < -0.4 is 5.73 Å². The number of nitrogens with two attached hydrogens (primary N) is 1. The van der Waals surface area contributed by atoms with Crippen LogP contribution in [0.5, 0.6) is 0 Å². The second kappa shape index (κ2) is 18.2. The van der Waals surface area contributed by atoms with Gasteiger partial charge in [0.05, 0.1) is 0 Å². The third-order valence-electron chi connectivity index (χ3n) is 8.04. The third kappa shape index (κ3) is 10.5. The summed E-state index contributed by atoms with van der Waals surface area (Å²) in [6.45, 7) is 9.24. The number of nitrogens with zero attached hydrogens (tertiary/aromatic N) is 3. The van der Waals surface area contributed by atoms with Gasteiger partial charge in [0.15, 0.2) is 0 Å². The molecule has 0 aromatic heterocycles. The monoisotopic (exact) mass is 700 g/mol. The van der Waals surface area contributed by atoms with Crippen LogP contribution in [0.3, 0.4) is 0 Å². The molecular weight excluding hydrogens is 656 g/mol. The number of benzene rings is 1. The van der Waals surface area contributed by atoms with E-state index in [0.29, 0.717) is 37.3 Å². The van der Waals surface area contributed by atoms with Crippen molar-refractivity contribution in [1.29, 1.82) is 0 Å². The summed E-state index contributed by atoms with van der Waals surface area (Å²) in [6.07, 6.45) is 12.0.